The SMILES string of the molecule is CC[C@@]1(O)C(=O)OCc2c1cc1n(c2=O)Cc2c-1nc1cc(F)c(C)c3c1c2[C@@H](NC(=O)CCCNC(=O)[C@H](CCCCNC(=O)OC(C)(C)C)CC(=O)[C@@H](NC(=O)CCCCCN1C(=O)C=CC1=O)C(C)C)CC3. The Bertz CT molecular complexity index is 2870. The molecule has 0 unspecified atom stereocenters. The van der Waals surface area contributed by atoms with E-state index in [0.29, 0.717) is 90.3 Å². The van der Waals surface area contributed by atoms with E-state index in [1.54, 1.807) is 54.5 Å². The van der Waals surface area contributed by atoms with Crippen molar-refractivity contribution in [3.05, 3.63) is 73.8 Å². The molecule has 4 aliphatic rings. The lowest BCUT2D eigenvalue weighted by Crippen LogP contribution is -2.46. The number of ketones is 1. The first-order valence-corrected chi connectivity index (χ1v) is 26.2. The molecule has 4 atom stereocenters. The number of nitrogens with zero attached hydrogens (tertiary/aromatic N) is 3. The van der Waals surface area contributed by atoms with Crippen molar-refractivity contribution in [1.82, 2.24) is 35.7 Å². The maximum atomic E-state index is 15.5. The summed E-state index contributed by atoms with van der Waals surface area (Å²) < 4.78 is 27.5. The van der Waals surface area contributed by atoms with Crippen molar-refractivity contribution < 1.29 is 57.3 Å². The molecular formula is C55H70FN7O12. The number of esters is 1. The lowest BCUT2D eigenvalue weighted by molar-refractivity contribution is -0.172. The van der Waals surface area contributed by atoms with E-state index in [2.05, 4.69) is 21.3 Å². The number of Topliss-reactive ketones (excluding diaryl/α,β-unsaturated/α-hetero) is 1. The van der Waals surface area contributed by atoms with Crippen molar-refractivity contribution in [3.63, 3.8) is 0 Å². The summed E-state index contributed by atoms with van der Waals surface area (Å²) in [6, 6.07) is 1.53. The minimum Gasteiger partial charge on any atom is -0.458 e. The monoisotopic (exact) mass is 1040 g/mol. The zero-order valence-electron chi connectivity index (χ0n) is 44.0. The molecule has 75 heavy (non-hydrogen) atoms. The number of carbonyl (C=O) groups is 8. The number of carbonyl (C=O) groups excluding carboxylic acids is 8. The normalized spacial score (nSPS) is 18.3. The van der Waals surface area contributed by atoms with Crippen molar-refractivity contribution >= 4 is 58.3 Å². The van der Waals surface area contributed by atoms with Crippen molar-refractivity contribution in [2.75, 3.05) is 19.6 Å². The molecule has 6 amide bonds. The molecule has 0 saturated heterocycles. The molecule has 0 radical (unpaired) electrons. The number of nitrogens with one attached hydrogen (secondary N) is 4. The van der Waals surface area contributed by atoms with Crippen LogP contribution in [0.2, 0.25) is 0 Å². The van der Waals surface area contributed by atoms with Crippen LogP contribution in [0.5, 0.6) is 0 Å². The summed E-state index contributed by atoms with van der Waals surface area (Å²) in [4.78, 5) is 123. The highest BCUT2D eigenvalue weighted by Gasteiger charge is 2.46. The molecule has 1 aliphatic carbocycles. The zero-order valence-corrected chi connectivity index (χ0v) is 44.0. The van der Waals surface area contributed by atoms with Crippen LogP contribution in [0.1, 0.15) is 158 Å². The van der Waals surface area contributed by atoms with Crippen molar-refractivity contribution in [2.24, 2.45) is 11.8 Å². The van der Waals surface area contributed by atoms with Crippen LogP contribution in [0.25, 0.3) is 22.3 Å². The van der Waals surface area contributed by atoms with Crippen LogP contribution in [-0.2, 0) is 68.2 Å². The molecule has 19 nitrogen and oxygen atoms in total. The Labute approximate surface area is 435 Å². The van der Waals surface area contributed by atoms with E-state index in [4.69, 9.17) is 14.5 Å². The number of amides is 6. The number of rotatable bonds is 23. The van der Waals surface area contributed by atoms with Gasteiger partial charge in [0.1, 0.15) is 18.0 Å². The van der Waals surface area contributed by atoms with Gasteiger partial charge in [-0.2, -0.15) is 0 Å². The highest BCUT2D eigenvalue weighted by atomic mass is 19.1. The number of imide groups is 1. The highest BCUT2D eigenvalue weighted by Crippen LogP contribution is 2.46. The van der Waals surface area contributed by atoms with Crippen molar-refractivity contribution in [3.8, 4) is 11.4 Å². The first-order valence-electron chi connectivity index (χ1n) is 26.2. The molecular weight excluding hydrogens is 970 g/mol. The van der Waals surface area contributed by atoms with Crippen LogP contribution in [-0.4, -0.2) is 98.2 Å². The number of aliphatic hydroxyl groups is 1. The van der Waals surface area contributed by atoms with Gasteiger partial charge < -0.3 is 40.4 Å². The molecule has 0 bridgehead atoms. The lowest BCUT2D eigenvalue weighted by Gasteiger charge is -2.31. The second kappa shape index (κ2) is 23.4. The Hall–Kier alpha value is -6.83. The first-order chi connectivity index (χ1) is 35.5. The maximum absolute atomic E-state index is 15.5. The average molecular weight is 1040 g/mol. The number of fused-ring (bicyclic) bond motifs is 5. The number of alkyl carbamates (subject to hydrolysis) is 1. The summed E-state index contributed by atoms with van der Waals surface area (Å²) >= 11 is 0. The van der Waals surface area contributed by atoms with Gasteiger partial charge in [0, 0.05) is 79.5 Å². The van der Waals surface area contributed by atoms with Gasteiger partial charge in [-0.15, -0.1) is 0 Å². The fourth-order valence-corrected chi connectivity index (χ4v) is 10.5. The Morgan fingerprint density at radius 3 is 2.32 bits per heavy atom. The number of aryl methyl sites for hydroxylation is 1. The lowest BCUT2D eigenvalue weighted by atomic mass is 9.81. The molecule has 0 spiro atoms. The molecule has 7 rings (SSSR count). The summed E-state index contributed by atoms with van der Waals surface area (Å²) in [6.07, 6.45) is 5.81. The van der Waals surface area contributed by atoms with E-state index in [1.165, 1.54) is 22.8 Å². The minimum atomic E-state index is -2.04. The largest absolute Gasteiger partial charge is 0.458 e. The Morgan fingerprint density at radius 1 is 0.920 bits per heavy atom. The molecule has 3 aromatic rings. The Balaban J connectivity index is 0.989. The second-order valence-corrected chi connectivity index (χ2v) is 21.4. The van der Waals surface area contributed by atoms with E-state index >= 15 is 4.39 Å². The average Bonchev–Trinajstić information content (AvgIpc) is 3.88. The van der Waals surface area contributed by atoms with E-state index in [-0.39, 0.29) is 111 Å². The van der Waals surface area contributed by atoms with Gasteiger partial charge in [-0.25, -0.2) is 19.0 Å². The fourth-order valence-electron chi connectivity index (χ4n) is 10.5. The summed E-state index contributed by atoms with van der Waals surface area (Å²) in [5.74, 6) is -4.43. The van der Waals surface area contributed by atoms with E-state index < -0.39 is 58.5 Å². The number of hydrogen-bond acceptors (Lipinski definition) is 13. The number of aromatic nitrogens is 2. The predicted octanol–water partition coefficient (Wildman–Crippen LogP) is 5.42. The van der Waals surface area contributed by atoms with Crippen molar-refractivity contribution in [2.45, 2.75) is 168 Å². The molecule has 404 valence electrons. The van der Waals surface area contributed by atoms with Gasteiger partial charge in [0.2, 0.25) is 17.7 Å². The molecule has 20 heteroatoms. The second-order valence-electron chi connectivity index (χ2n) is 21.4. The maximum Gasteiger partial charge on any atom is 0.407 e. The number of hydrogen-bond donors (Lipinski definition) is 5. The summed E-state index contributed by atoms with van der Waals surface area (Å²) in [6.45, 7) is 12.6. The minimum absolute atomic E-state index is 0.0195. The van der Waals surface area contributed by atoms with Gasteiger partial charge in [-0.3, -0.25) is 38.5 Å². The van der Waals surface area contributed by atoms with Gasteiger partial charge in [0.05, 0.1) is 41.1 Å². The topological polar surface area (TPSA) is 262 Å². The van der Waals surface area contributed by atoms with Crippen molar-refractivity contribution in [1.29, 1.82) is 0 Å². The smallest absolute Gasteiger partial charge is 0.407 e. The Morgan fingerprint density at radius 2 is 1.63 bits per heavy atom. The summed E-state index contributed by atoms with van der Waals surface area (Å²) in [7, 11) is 0. The first kappa shape index (κ1) is 55.9. The van der Waals surface area contributed by atoms with Gasteiger partial charge in [0.25, 0.3) is 17.4 Å². The molecule has 5 heterocycles. The molecule has 3 aliphatic heterocycles. The fraction of sp³-hybridized carbons (Fsp3) is 0.564. The zero-order chi connectivity index (χ0) is 54.5. The quantitative estimate of drug-likeness (QED) is 0.0354. The van der Waals surface area contributed by atoms with Crippen LogP contribution in [0.15, 0.2) is 29.1 Å². The molecule has 5 N–H and O–H groups in total. The number of halogens is 1. The number of cyclic esters (lactones) is 1. The Kier molecular flexibility index (Phi) is 17.4. The summed E-state index contributed by atoms with van der Waals surface area (Å²) in [5, 5.41) is 23.8. The van der Waals surface area contributed by atoms with E-state index in [1.807, 2.05) is 0 Å². The van der Waals surface area contributed by atoms with Crippen LogP contribution >= 0.6 is 0 Å². The number of ether oxygens (including phenoxy) is 2. The van der Waals surface area contributed by atoms with Crippen LogP contribution in [0, 0.1) is 24.6 Å². The molecule has 2 aromatic heterocycles. The van der Waals surface area contributed by atoms with Gasteiger partial charge >= 0.3 is 12.1 Å². The summed E-state index contributed by atoms with van der Waals surface area (Å²) in [5.41, 5.74) is 0.855. The van der Waals surface area contributed by atoms with Gasteiger partial charge in [-0.1, -0.05) is 33.6 Å². The number of pyridine rings is 2. The van der Waals surface area contributed by atoms with Gasteiger partial charge in [0.15, 0.2) is 11.4 Å². The van der Waals surface area contributed by atoms with Crippen LogP contribution < -0.4 is 26.8 Å². The number of benzene rings is 1. The standard InChI is InChI=1S/C55H70FN7O12/c1-8-55(73)36-26-40-49-34(28-63(40)51(70)35(36)29-74-52(55)71)47-38(19-18-33-31(4)37(56)27-39(60-49)46(33)47)59-42(65)17-14-23-57-50(69)32(15-11-12-22-58-53(72)75-54(5,6)7)25-41(64)48(30(2)3)61-43(66)16-10-9-13-24-62-44(67)20-21-45(62)68/h20-21,26-27,30,32,38,48,73H,8-19,22-25,28-29H2,1-7H3,(H,57,69)(H,58,72)(H,59,65)(H,61,66)/t32-,38+,48+,55+/m1/s1. The molecule has 0 fully saturated rings. The van der Waals surface area contributed by atoms with Crippen LogP contribution in [0.4, 0.5) is 9.18 Å². The molecule has 1 aromatic carbocycles. The predicted molar refractivity (Wildman–Crippen MR) is 273 cm³/mol. The van der Waals surface area contributed by atoms with E-state index in [9.17, 15) is 48.3 Å². The van der Waals surface area contributed by atoms with E-state index in [0.717, 1.165) is 10.5 Å². The third-order valence-electron chi connectivity index (χ3n) is 14.6. The number of unbranched alkanes of at least 4 members (excludes halogenated alkanes) is 3. The van der Waals surface area contributed by atoms with Crippen LogP contribution in [0.3, 0.4) is 0 Å². The third kappa shape index (κ3) is 12.5. The molecule has 0 saturated carbocycles. The highest BCUT2D eigenvalue weighted by molar-refractivity contribution is 6.12. The third-order valence-corrected chi connectivity index (χ3v) is 14.6. The van der Waals surface area contributed by atoms with Gasteiger partial charge in [-0.05, 0) is 108 Å².